The highest BCUT2D eigenvalue weighted by atomic mass is 19.1. The third kappa shape index (κ3) is 4.14. The number of amides is 1. The van der Waals surface area contributed by atoms with E-state index < -0.39 is 36.0 Å². The lowest BCUT2D eigenvalue weighted by Crippen LogP contribution is -2.36. The van der Waals surface area contributed by atoms with Gasteiger partial charge in [0.05, 0.1) is 5.92 Å². The predicted octanol–water partition coefficient (Wildman–Crippen LogP) is 1.71. The largest absolute Gasteiger partial charge is 0.481 e. The number of hydrogen-bond acceptors (Lipinski definition) is 3. The SMILES string of the molecule is O=C(COc1ccc(F)cc1F)NC1CCC(C(=O)O)C1. The van der Waals surface area contributed by atoms with Crippen LogP contribution < -0.4 is 10.1 Å². The number of nitrogens with one attached hydrogen (secondary N) is 1. The molecule has 2 unspecified atom stereocenters. The van der Waals surface area contributed by atoms with Gasteiger partial charge in [0.1, 0.15) is 5.82 Å². The summed E-state index contributed by atoms with van der Waals surface area (Å²) in [6, 6.07) is 2.60. The minimum absolute atomic E-state index is 0.207. The molecule has 1 amide bonds. The van der Waals surface area contributed by atoms with Gasteiger partial charge in [0.15, 0.2) is 18.2 Å². The summed E-state index contributed by atoms with van der Waals surface area (Å²) in [5.41, 5.74) is 0. The van der Waals surface area contributed by atoms with Gasteiger partial charge in [-0.05, 0) is 31.4 Å². The molecule has 7 heteroatoms. The molecule has 0 saturated heterocycles. The Morgan fingerprint density at radius 2 is 2.10 bits per heavy atom. The van der Waals surface area contributed by atoms with E-state index in [9.17, 15) is 18.4 Å². The normalized spacial score (nSPS) is 21.0. The summed E-state index contributed by atoms with van der Waals surface area (Å²) < 4.78 is 30.9. The topological polar surface area (TPSA) is 75.6 Å². The molecular formula is C14H15F2NO4. The Labute approximate surface area is 119 Å². The first-order valence-electron chi connectivity index (χ1n) is 6.55. The highest BCUT2D eigenvalue weighted by Crippen LogP contribution is 2.25. The molecule has 2 N–H and O–H groups in total. The maximum atomic E-state index is 13.3. The van der Waals surface area contributed by atoms with Crippen molar-refractivity contribution < 1.29 is 28.2 Å². The third-order valence-electron chi connectivity index (χ3n) is 3.40. The van der Waals surface area contributed by atoms with E-state index in [1.54, 1.807) is 0 Å². The van der Waals surface area contributed by atoms with Crippen LogP contribution in [-0.4, -0.2) is 29.6 Å². The van der Waals surface area contributed by atoms with Crippen molar-refractivity contribution in [2.75, 3.05) is 6.61 Å². The maximum absolute atomic E-state index is 13.3. The van der Waals surface area contributed by atoms with Crippen LogP contribution in [0.4, 0.5) is 8.78 Å². The molecule has 1 aromatic rings. The molecule has 1 saturated carbocycles. The number of rotatable bonds is 5. The van der Waals surface area contributed by atoms with E-state index >= 15 is 0 Å². The minimum atomic E-state index is -0.880. The van der Waals surface area contributed by atoms with Crippen molar-refractivity contribution >= 4 is 11.9 Å². The summed E-state index contributed by atoms with van der Waals surface area (Å²) in [5, 5.41) is 11.5. The lowest BCUT2D eigenvalue weighted by molar-refractivity contribution is -0.141. The second kappa shape index (κ2) is 6.51. The molecule has 0 spiro atoms. The second-order valence-corrected chi connectivity index (χ2v) is 4.98. The Hall–Kier alpha value is -2.18. The number of carbonyl (C=O) groups excluding carboxylic acids is 1. The van der Waals surface area contributed by atoms with Crippen molar-refractivity contribution in [2.24, 2.45) is 5.92 Å². The fourth-order valence-electron chi connectivity index (χ4n) is 2.34. The van der Waals surface area contributed by atoms with E-state index in [-0.39, 0.29) is 11.8 Å². The smallest absolute Gasteiger partial charge is 0.306 e. The molecule has 0 aliphatic heterocycles. The van der Waals surface area contributed by atoms with E-state index in [0.29, 0.717) is 25.3 Å². The molecule has 1 aromatic carbocycles. The summed E-state index contributed by atoms with van der Waals surface area (Å²) in [4.78, 5) is 22.4. The number of halogens is 2. The zero-order valence-electron chi connectivity index (χ0n) is 11.1. The zero-order chi connectivity index (χ0) is 15.4. The summed E-state index contributed by atoms with van der Waals surface area (Å²) in [5.74, 6) is -3.58. The van der Waals surface area contributed by atoms with E-state index in [2.05, 4.69) is 5.32 Å². The van der Waals surface area contributed by atoms with E-state index in [1.807, 2.05) is 0 Å². The lowest BCUT2D eigenvalue weighted by Gasteiger charge is -2.13. The first-order chi connectivity index (χ1) is 9.95. The maximum Gasteiger partial charge on any atom is 0.306 e. The van der Waals surface area contributed by atoms with Crippen molar-refractivity contribution in [1.82, 2.24) is 5.32 Å². The molecule has 1 fully saturated rings. The van der Waals surface area contributed by atoms with Crippen LogP contribution in [0.5, 0.6) is 5.75 Å². The van der Waals surface area contributed by atoms with Gasteiger partial charge in [0.25, 0.3) is 5.91 Å². The molecule has 0 heterocycles. The molecule has 114 valence electrons. The van der Waals surface area contributed by atoms with Gasteiger partial charge in [-0.3, -0.25) is 9.59 Å². The van der Waals surface area contributed by atoms with Crippen molar-refractivity contribution in [2.45, 2.75) is 25.3 Å². The van der Waals surface area contributed by atoms with Gasteiger partial charge in [0.2, 0.25) is 0 Å². The van der Waals surface area contributed by atoms with Crippen LogP contribution >= 0.6 is 0 Å². The van der Waals surface area contributed by atoms with Crippen LogP contribution in [-0.2, 0) is 9.59 Å². The van der Waals surface area contributed by atoms with Crippen molar-refractivity contribution in [3.05, 3.63) is 29.8 Å². The number of hydrogen-bond donors (Lipinski definition) is 2. The average molecular weight is 299 g/mol. The molecule has 0 bridgehead atoms. The highest BCUT2D eigenvalue weighted by Gasteiger charge is 2.30. The summed E-state index contributed by atoms with van der Waals surface area (Å²) in [7, 11) is 0. The number of carboxylic acid groups (broad SMARTS) is 1. The van der Waals surface area contributed by atoms with E-state index in [1.165, 1.54) is 0 Å². The highest BCUT2D eigenvalue weighted by molar-refractivity contribution is 5.78. The molecular weight excluding hydrogens is 284 g/mol. The quantitative estimate of drug-likeness (QED) is 0.868. The first kappa shape index (κ1) is 15.2. The Balaban J connectivity index is 1.79. The number of benzene rings is 1. The fraction of sp³-hybridized carbons (Fsp3) is 0.429. The monoisotopic (exact) mass is 299 g/mol. The second-order valence-electron chi connectivity index (χ2n) is 4.98. The lowest BCUT2D eigenvalue weighted by atomic mass is 10.1. The summed E-state index contributed by atoms with van der Waals surface area (Å²) in [6.07, 6.45) is 1.49. The van der Waals surface area contributed by atoms with Crippen molar-refractivity contribution in [3.8, 4) is 5.75 Å². The van der Waals surface area contributed by atoms with Gasteiger partial charge < -0.3 is 15.2 Å². The number of carbonyl (C=O) groups is 2. The van der Waals surface area contributed by atoms with Crippen LogP contribution in [0.25, 0.3) is 0 Å². The molecule has 0 aromatic heterocycles. The number of aliphatic carboxylic acids is 1. The third-order valence-corrected chi connectivity index (χ3v) is 3.40. The van der Waals surface area contributed by atoms with Gasteiger partial charge in [-0.25, -0.2) is 8.78 Å². The predicted molar refractivity (Wildman–Crippen MR) is 68.8 cm³/mol. The first-order valence-corrected chi connectivity index (χ1v) is 6.55. The molecule has 5 nitrogen and oxygen atoms in total. The van der Waals surface area contributed by atoms with Gasteiger partial charge in [-0.1, -0.05) is 0 Å². The molecule has 1 aliphatic carbocycles. The summed E-state index contributed by atoms with van der Waals surface area (Å²) in [6.45, 7) is -0.406. The Bertz CT molecular complexity index is 550. The zero-order valence-corrected chi connectivity index (χ0v) is 11.1. The molecule has 1 aliphatic rings. The fourth-order valence-corrected chi connectivity index (χ4v) is 2.34. The Kier molecular flexibility index (Phi) is 4.72. The van der Waals surface area contributed by atoms with Gasteiger partial charge in [-0.2, -0.15) is 0 Å². The van der Waals surface area contributed by atoms with Crippen LogP contribution in [0.15, 0.2) is 18.2 Å². The van der Waals surface area contributed by atoms with Crippen molar-refractivity contribution in [1.29, 1.82) is 0 Å². The van der Waals surface area contributed by atoms with Crippen LogP contribution in [0.2, 0.25) is 0 Å². The van der Waals surface area contributed by atoms with Crippen molar-refractivity contribution in [3.63, 3.8) is 0 Å². The number of ether oxygens (including phenoxy) is 1. The van der Waals surface area contributed by atoms with Crippen LogP contribution in [0.3, 0.4) is 0 Å². The molecule has 2 atom stereocenters. The standard InChI is InChI=1S/C14H15F2NO4/c15-9-2-4-12(11(16)6-9)21-7-13(18)17-10-3-1-8(5-10)14(19)20/h2,4,6,8,10H,1,3,5,7H2,(H,17,18)(H,19,20). The Morgan fingerprint density at radius 3 is 2.71 bits per heavy atom. The van der Waals surface area contributed by atoms with Crippen LogP contribution in [0, 0.1) is 17.6 Å². The van der Waals surface area contributed by atoms with Gasteiger partial charge in [-0.15, -0.1) is 0 Å². The van der Waals surface area contributed by atoms with Gasteiger partial charge in [0, 0.05) is 12.1 Å². The molecule has 21 heavy (non-hydrogen) atoms. The summed E-state index contributed by atoms with van der Waals surface area (Å²) >= 11 is 0. The number of carboxylic acids is 1. The molecule has 2 rings (SSSR count). The average Bonchev–Trinajstić information content (AvgIpc) is 2.86. The minimum Gasteiger partial charge on any atom is -0.481 e. The van der Waals surface area contributed by atoms with E-state index in [4.69, 9.17) is 9.84 Å². The Morgan fingerprint density at radius 1 is 1.33 bits per heavy atom. The van der Waals surface area contributed by atoms with Gasteiger partial charge >= 0.3 is 5.97 Å². The van der Waals surface area contributed by atoms with E-state index in [0.717, 1.165) is 12.1 Å². The van der Waals surface area contributed by atoms with Crippen LogP contribution in [0.1, 0.15) is 19.3 Å². The molecule has 0 radical (unpaired) electrons.